The molecular weight excluding hydrogens is 225 g/mol. The lowest BCUT2D eigenvalue weighted by Gasteiger charge is -2.06. The lowest BCUT2D eigenvalue weighted by atomic mass is 10.2. The van der Waals surface area contributed by atoms with Gasteiger partial charge in [0.25, 0.3) is 0 Å². The Morgan fingerprint density at radius 1 is 1.41 bits per heavy atom. The molecule has 0 fully saturated rings. The molecule has 5 nitrogen and oxygen atoms in total. The van der Waals surface area contributed by atoms with Crippen LogP contribution in [0.15, 0.2) is 29.1 Å². The number of aromatic nitrogens is 2. The third-order valence-corrected chi connectivity index (χ3v) is 2.09. The van der Waals surface area contributed by atoms with E-state index in [4.69, 9.17) is 4.74 Å². The molecule has 1 aromatic heterocycles. The molecule has 0 aliphatic heterocycles. The monoisotopic (exact) mass is 237 g/mol. The third-order valence-electron chi connectivity index (χ3n) is 2.09. The molecule has 6 heteroatoms. The molecule has 1 heterocycles. The van der Waals surface area contributed by atoms with Crippen molar-refractivity contribution in [1.29, 1.82) is 0 Å². The Kier molecular flexibility index (Phi) is 3.66. The molecule has 90 valence electrons. The van der Waals surface area contributed by atoms with Crippen LogP contribution in [-0.2, 0) is 13.2 Å². The van der Waals surface area contributed by atoms with Gasteiger partial charge in [0.2, 0.25) is 12.2 Å². The zero-order valence-electron chi connectivity index (χ0n) is 9.31. The first kappa shape index (κ1) is 11.5. The van der Waals surface area contributed by atoms with Crippen LogP contribution in [0.25, 0.3) is 0 Å². The van der Waals surface area contributed by atoms with E-state index in [0.29, 0.717) is 18.1 Å². The van der Waals surface area contributed by atoms with E-state index in [1.54, 1.807) is 13.1 Å². The van der Waals surface area contributed by atoms with E-state index in [9.17, 15) is 4.39 Å². The summed E-state index contributed by atoms with van der Waals surface area (Å²) in [6.07, 6.45) is 1.22. The molecule has 0 saturated carbocycles. The van der Waals surface area contributed by atoms with Gasteiger partial charge in [0.1, 0.15) is 11.6 Å². The topological polar surface area (TPSA) is 60.2 Å². The summed E-state index contributed by atoms with van der Waals surface area (Å²) in [6, 6.07) is 4.54. The molecule has 0 aliphatic rings. The van der Waals surface area contributed by atoms with Crippen LogP contribution in [0, 0.1) is 5.82 Å². The summed E-state index contributed by atoms with van der Waals surface area (Å²) in [5.41, 5.74) is 0.815. The van der Waals surface area contributed by atoms with Gasteiger partial charge >= 0.3 is 0 Å². The van der Waals surface area contributed by atoms with Crippen LogP contribution in [-0.4, -0.2) is 17.2 Å². The number of hydrogen-bond acceptors (Lipinski definition) is 5. The van der Waals surface area contributed by atoms with Crippen molar-refractivity contribution < 1.29 is 13.7 Å². The number of ether oxygens (including phenoxy) is 1. The summed E-state index contributed by atoms with van der Waals surface area (Å²) in [5.74, 6) is 0.533. The zero-order chi connectivity index (χ0) is 12.1. The highest BCUT2D eigenvalue weighted by molar-refractivity contribution is 5.29. The quantitative estimate of drug-likeness (QED) is 0.854. The largest absolute Gasteiger partial charge is 0.485 e. The van der Waals surface area contributed by atoms with E-state index in [0.717, 1.165) is 5.56 Å². The van der Waals surface area contributed by atoms with Crippen molar-refractivity contribution in [2.75, 3.05) is 7.05 Å². The van der Waals surface area contributed by atoms with Crippen LogP contribution >= 0.6 is 0 Å². The van der Waals surface area contributed by atoms with Gasteiger partial charge in [-0.1, -0.05) is 5.16 Å². The van der Waals surface area contributed by atoms with Crippen molar-refractivity contribution in [2.24, 2.45) is 0 Å². The van der Waals surface area contributed by atoms with E-state index >= 15 is 0 Å². The summed E-state index contributed by atoms with van der Waals surface area (Å²) in [5, 5.41) is 6.54. The molecule has 2 rings (SSSR count). The van der Waals surface area contributed by atoms with Gasteiger partial charge in [-0.15, -0.1) is 0 Å². The van der Waals surface area contributed by atoms with Gasteiger partial charge < -0.3 is 14.6 Å². The summed E-state index contributed by atoms with van der Waals surface area (Å²) in [4.78, 5) is 3.80. The predicted octanol–water partition coefficient (Wildman–Crippen LogP) is 1.51. The number of nitrogens with zero attached hydrogens (tertiary/aromatic N) is 2. The molecular formula is C11H12FN3O2. The molecule has 1 N–H and O–H groups in total. The average Bonchev–Trinajstić information content (AvgIpc) is 2.79. The highest BCUT2D eigenvalue weighted by Crippen LogP contribution is 2.17. The van der Waals surface area contributed by atoms with Gasteiger partial charge in [-0.2, -0.15) is 4.98 Å². The highest BCUT2D eigenvalue weighted by Gasteiger charge is 2.04. The van der Waals surface area contributed by atoms with Crippen LogP contribution in [0.1, 0.15) is 11.4 Å². The second-order valence-electron chi connectivity index (χ2n) is 3.46. The van der Waals surface area contributed by atoms with Crippen molar-refractivity contribution in [3.05, 3.63) is 41.8 Å². The minimum Gasteiger partial charge on any atom is -0.485 e. The molecule has 2 aromatic rings. The van der Waals surface area contributed by atoms with Gasteiger partial charge in [0.05, 0.1) is 0 Å². The van der Waals surface area contributed by atoms with E-state index in [-0.39, 0.29) is 12.4 Å². The SMILES string of the molecule is CNCc1cc(F)cc(OCc2ncon2)c1. The molecule has 0 unspecified atom stereocenters. The standard InChI is InChI=1S/C11H12FN3O2/c1-13-5-8-2-9(12)4-10(3-8)16-6-11-14-7-17-15-11/h2-4,7,13H,5-6H2,1H3. The van der Waals surface area contributed by atoms with E-state index in [2.05, 4.69) is 20.0 Å². The second kappa shape index (κ2) is 5.40. The number of halogens is 1. The smallest absolute Gasteiger partial charge is 0.213 e. The Morgan fingerprint density at radius 3 is 3.00 bits per heavy atom. The molecule has 0 aliphatic carbocycles. The number of rotatable bonds is 5. The van der Waals surface area contributed by atoms with Crippen molar-refractivity contribution in [1.82, 2.24) is 15.5 Å². The summed E-state index contributed by atoms with van der Waals surface area (Å²) in [6.45, 7) is 0.731. The molecule has 0 amide bonds. The maximum Gasteiger partial charge on any atom is 0.213 e. The molecule has 0 radical (unpaired) electrons. The van der Waals surface area contributed by atoms with Crippen LogP contribution in [0.3, 0.4) is 0 Å². The highest BCUT2D eigenvalue weighted by atomic mass is 19.1. The molecule has 17 heavy (non-hydrogen) atoms. The normalized spacial score (nSPS) is 10.5. The Bertz CT molecular complexity index is 474. The number of nitrogens with one attached hydrogen (secondary N) is 1. The first-order valence-electron chi connectivity index (χ1n) is 5.10. The van der Waals surface area contributed by atoms with Crippen LogP contribution < -0.4 is 10.1 Å². The fourth-order valence-corrected chi connectivity index (χ4v) is 1.41. The zero-order valence-corrected chi connectivity index (χ0v) is 9.31. The molecule has 1 aromatic carbocycles. The fraction of sp³-hybridized carbons (Fsp3) is 0.273. The first-order chi connectivity index (χ1) is 8.28. The maximum atomic E-state index is 13.3. The number of benzene rings is 1. The Hall–Kier alpha value is -1.95. The Labute approximate surface area is 97.6 Å². The van der Waals surface area contributed by atoms with E-state index < -0.39 is 0 Å². The second-order valence-corrected chi connectivity index (χ2v) is 3.46. The minimum atomic E-state index is -0.333. The lowest BCUT2D eigenvalue weighted by Crippen LogP contribution is -2.06. The van der Waals surface area contributed by atoms with Gasteiger partial charge in [-0.05, 0) is 24.7 Å². The summed E-state index contributed by atoms with van der Waals surface area (Å²) in [7, 11) is 1.80. The number of hydrogen-bond donors (Lipinski definition) is 1. The van der Waals surface area contributed by atoms with Crippen molar-refractivity contribution >= 4 is 0 Å². The minimum absolute atomic E-state index is 0.152. The summed E-state index contributed by atoms with van der Waals surface area (Å²) < 4.78 is 23.2. The van der Waals surface area contributed by atoms with Gasteiger partial charge in [0.15, 0.2) is 6.61 Å². The third kappa shape index (κ3) is 3.25. The fourth-order valence-electron chi connectivity index (χ4n) is 1.41. The summed E-state index contributed by atoms with van der Waals surface area (Å²) >= 11 is 0. The van der Waals surface area contributed by atoms with Crippen molar-refractivity contribution in [3.8, 4) is 5.75 Å². The molecule has 0 spiro atoms. The van der Waals surface area contributed by atoms with Crippen LogP contribution in [0.5, 0.6) is 5.75 Å². The van der Waals surface area contributed by atoms with Gasteiger partial charge in [-0.3, -0.25) is 0 Å². The van der Waals surface area contributed by atoms with Gasteiger partial charge in [0, 0.05) is 12.6 Å². The molecule has 0 saturated heterocycles. The van der Waals surface area contributed by atoms with Crippen molar-refractivity contribution in [3.63, 3.8) is 0 Å². The van der Waals surface area contributed by atoms with E-state index in [1.165, 1.54) is 18.5 Å². The average molecular weight is 237 g/mol. The lowest BCUT2D eigenvalue weighted by molar-refractivity contribution is 0.285. The predicted molar refractivity (Wildman–Crippen MR) is 57.8 cm³/mol. The van der Waals surface area contributed by atoms with Crippen LogP contribution in [0.4, 0.5) is 4.39 Å². The maximum absolute atomic E-state index is 13.3. The first-order valence-corrected chi connectivity index (χ1v) is 5.10. The molecule has 0 atom stereocenters. The van der Waals surface area contributed by atoms with Gasteiger partial charge in [-0.25, -0.2) is 4.39 Å². The van der Waals surface area contributed by atoms with Crippen molar-refractivity contribution in [2.45, 2.75) is 13.2 Å². The molecule has 0 bridgehead atoms. The Morgan fingerprint density at radius 2 is 2.29 bits per heavy atom. The van der Waals surface area contributed by atoms with E-state index in [1.807, 2.05) is 0 Å². The Balaban J connectivity index is 2.04. The van der Waals surface area contributed by atoms with Crippen LogP contribution in [0.2, 0.25) is 0 Å².